The Labute approximate surface area is 183 Å². The molecule has 0 spiro atoms. The van der Waals surface area contributed by atoms with Crippen LogP contribution in [0.25, 0.3) is 10.2 Å². The summed E-state index contributed by atoms with van der Waals surface area (Å²) in [6.07, 6.45) is 5.78. The van der Waals surface area contributed by atoms with E-state index in [1.54, 1.807) is 30.4 Å². The van der Waals surface area contributed by atoms with E-state index < -0.39 is 11.9 Å². The summed E-state index contributed by atoms with van der Waals surface area (Å²) >= 11 is 1.59. The molecule has 2 aromatic heterocycles. The number of hydrogen-bond acceptors (Lipinski definition) is 7. The number of aromatic nitrogens is 2. The molecule has 1 aliphatic carbocycles. The Hall–Kier alpha value is -3.20. The molecule has 0 fully saturated rings. The molecule has 4 rings (SSSR count). The molecule has 162 valence electrons. The number of rotatable bonds is 5. The Morgan fingerprint density at radius 2 is 2.29 bits per heavy atom. The number of phenolic OH excluding ortho intramolecular Hbond substituents is 1. The molecule has 9 heteroatoms. The molecule has 3 aromatic rings. The van der Waals surface area contributed by atoms with Gasteiger partial charge in [0.2, 0.25) is 0 Å². The number of amides is 1. The second kappa shape index (κ2) is 8.50. The van der Waals surface area contributed by atoms with Crippen LogP contribution < -0.4 is 15.7 Å². The lowest BCUT2D eigenvalue weighted by atomic mass is 9.89. The van der Waals surface area contributed by atoms with Crippen LogP contribution >= 0.6 is 11.3 Å². The van der Waals surface area contributed by atoms with E-state index in [0.717, 1.165) is 29.7 Å². The van der Waals surface area contributed by atoms with E-state index >= 15 is 0 Å². The molecule has 1 amide bonds. The third-order valence-electron chi connectivity index (χ3n) is 5.63. The maximum absolute atomic E-state index is 13.2. The van der Waals surface area contributed by atoms with Crippen LogP contribution in [-0.4, -0.2) is 33.9 Å². The van der Waals surface area contributed by atoms with Gasteiger partial charge in [-0.25, -0.2) is 10.4 Å². The number of hydrazone groups is 1. The predicted octanol–water partition coefficient (Wildman–Crippen LogP) is 3.01. The fourth-order valence-electron chi connectivity index (χ4n) is 3.78. The highest BCUT2D eigenvalue weighted by Gasteiger charge is 2.25. The molecule has 0 unspecified atom stereocenters. The summed E-state index contributed by atoms with van der Waals surface area (Å²) in [5.41, 5.74) is 4.01. The van der Waals surface area contributed by atoms with Crippen LogP contribution in [0.2, 0.25) is 0 Å². The second-order valence-corrected chi connectivity index (χ2v) is 8.91. The number of nitrogens with zero attached hydrogens (tertiary/aromatic N) is 3. The van der Waals surface area contributed by atoms with Gasteiger partial charge >= 0.3 is 0 Å². The molecule has 2 N–H and O–H groups in total. The summed E-state index contributed by atoms with van der Waals surface area (Å²) in [5.74, 6) is 0.509. The first-order valence-corrected chi connectivity index (χ1v) is 10.9. The van der Waals surface area contributed by atoms with E-state index in [0.29, 0.717) is 22.6 Å². The molecule has 1 aliphatic rings. The van der Waals surface area contributed by atoms with Crippen molar-refractivity contribution in [2.24, 2.45) is 11.0 Å². The fraction of sp³-hybridized carbons (Fsp3) is 0.364. The summed E-state index contributed by atoms with van der Waals surface area (Å²) in [7, 11) is 1.45. The van der Waals surface area contributed by atoms with Crippen LogP contribution in [0.15, 0.2) is 34.4 Å². The maximum atomic E-state index is 13.2. The maximum Gasteiger partial charge on any atom is 0.263 e. The van der Waals surface area contributed by atoms with Gasteiger partial charge in [-0.15, -0.1) is 11.3 Å². The van der Waals surface area contributed by atoms with Crippen molar-refractivity contribution in [1.29, 1.82) is 0 Å². The number of carbonyl (C=O) groups excluding carboxylic acids is 1. The van der Waals surface area contributed by atoms with Crippen molar-refractivity contribution in [2.75, 3.05) is 7.11 Å². The van der Waals surface area contributed by atoms with Crippen molar-refractivity contribution in [2.45, 2.75) is 39.2 Å². The largest absolute Gasteiger partial charge is 0.504 e. The molecular weight excluding hydrogens is 416 g/mol. The normalized spacial score (nSPS) is 16.9. The highest BCUT2D eigenvalue weighted by molar-refractivity contribution is 7.18. The van der Waals surface area contributed by atoms with Crippen molar-refractivity contribution >= 4 is 33.7 Å². The minimum Gasteiger partial charge on any atom is -0.504 e. The Morgan fingerprint density at radius 3 is 3.06 bits per heavy atom. The Balaban J connectivity index is 1.54. The van der Waals surface area contributed by atoms with Crippen LogP contribution in [0, 0.1) is 5.92 Å². The number of fused-ring (bicyclic) bond motifs is 3. The predicted molar refractivity (Wildman–Crippen MR) is 120 cm³/mol. The van der Waals surface area contributed by atoms with E-state index in [-0.39, 0.29) is 11.3 Å². The first kappa shape index (κ1) is 21.0. The van der Waals surface area contributed by atoms with Gasteiger partial charge < -0.3 is 9.84 Å². The zero-order chi connectivity index (χ0) is 22.1. The molecule has 0 saturated carbocycles. The SMILES string of the molecule is COc1cc(C=NNC(=O)[C@@H](C)n2cnc3sc4c(c3c2=O)CC[C@@H](C)C4)ccc1O. The number of methoxy groups -OCH3 is 1. The number of thiophene rings is 1. The summed E-state index contributed by atoms with van der Waals surface area (Å²) in [6, 6.07) is 3.94. The van der Waals surface area contributed by atoms with Gasteiger partial charge in [-0.3, -0.25) is 14.2 Å². The van der Waals surface area contributed by atoms with Gasteiger partial charge in [0.15, 0.2) is 11.5 Å². The summed E-state index contributed by atoms with van der Waals surface area (Å²) in [4.78, 5) is 32.2. The van der Waals surface area contributed by atoms with Gasteiger partial charge in [0.05, 0.1) is 25.0 Å². The summed E-state index contributed by atoms with van der Waals surface area (Å²) < 4.78 is 6.42. The molecule has 31 heavy (non-hydrogen) atoms. The van der Waals surface area contributed by atoms with Gasteiger partial charge in [0.25, 0.3) is 11.5 Å². The van der Waals surface area contributed by atoms with Crippen molar-refractivity contribution in [1.82, 2.24) is 15.0 Å². The van der Waals surface area contributed by atoms with E-state index in [2.05, 4.69) is 22.4 Å². The Morgan fingerprint density at radius 1 is 1.48 bits per heavy atom. The van der Waals surface area contributed by atoms with E-state index in [1.807, 2.05) is 0 Å². The van der Waals surface area contributed by atoms with Crippen molar-refractivity contribution in [3.8, 4) is 11.5 Å². The number of nitrogens with one attached hydrogen (secondary N) is 1. The van der Waals surface area contributed by atoms with Gasteiger partial charge in [-0.05, 0) is 61.4 Å². The molecule has 2 atom stereocenters. The van der Waals surface area contributed by atoms with Crippen molar-refractivity contribution < 1.29 is 14.6 Å². The Bertz CT molecular complexity index is 1230. The number of carbonyl (C=O) groups is 1. The molecule has 0 bridgehead atoms. The number of phenols is 1. The third kappa shape index (κ3) is 4.05. The van der Waals surface area contributed by atoms with Crippen LogP contribution in [0.4, 0.5) is 0 Å². The molecular formula is C22H24N4O4S. The number of aromatic hydroxyl groups is 1. The lowest BCUT2D eigenvalue weighted by molar-refractivity contribution is -0.123. The van der Waals surface area contributed by atoms with Gasteiger partial charge in [0, 0.05) is 4.88 Å². The highest BCUT2D eigenvalue weighted by Crippen LogP contribution is 2.35. The molecule has 1 aromatic carbocycles. The number of benzene rings is 1. The van der Waals surface area contributed by atoms with E-state index in [9.17, 15) is 14.7 Å². The lowest BCUT2D eigenvalue weighted by Crippen LogP contribution is -2.34. The number of aryl methyl sites for hydroxylation is 1. The number of ether oxygens (including phenoxy) is 1. The van der Waals surface area contributed by atoms with Gasteiger partial charge in [-0.2, -0.15) is 5.10 Å². The zero-order valence-corrected chi connectivity index (χ0v) is 18.4. The molecule has 2 heterocycles. The average Bonchev–Trinajstić information content (AvgIpc) is 3.12. The second-order valence-electron chi connectivity index (χ2n) is 7.83. The molecule has 8 nitrogen and oxygen atoms in total. The topological polar surface area (TPSA) is 106 Å². The highest BCUT2D eigenvalue weighted by atomic mass is 32.1. The monoisotopic (exact) mass is 440 g/mol. The molecule has 0 aliphatic heterocycles. The quantitative estimate of drug-likeness (QED) is 0.469. The standard InChI is InChI=1S/C22H24N4O4S/c1-12-4-6-15-18(8-12)31-21-19(15)22(29)26(11-23-21)13(2)20(28)25-24-10-14-5-7-16(27)17(9-14)30-3/h5,7,9-13,27H,4,6,8H2,1-3H3,(H,25,28)/t12-,13-/m1/s1. The number of hydrogen-bond donors (Lipinski definition) is 2. The van der Waals surface area contributed by atoms with E-state index in [4.69, 9.17) is 4.74 Å². The zero-order valence-electron chi connectivity index (χ0n) is 17.6. The average molecular weight is 441 g/mol. The van der Waals surface area contributed by atoms with Crippen LogP contribution in [0.5, 0.6) is 11.5 Å². The minimum absolute atomic E-state index is 0.0182. The third-order valence-corrected chi connectivity index (χ3v) is 6.79. The minimum atomic E-state index is -0.769. The van der Waals surface area contributed by atoms with E-state index in [1.165, 1.54) is 35.2 Å². The molecule has 0 radical (unpaired) electrons. The summed E-state index contributed by atoms with van der Waals surface area (Å²) in [5, 5.41) is 14.2. The van der Waals surface area contributed by atoms with Gasteiger partial charge in [-0.1, -0.05) is 6.92 Å². The summed E-state index contributed by atoms with van der Waals surface area (Å²) in [6.45, 7) is 3.87. The van der Waals surface area contributed by atoms with Crippen LogP contribution in [0.3, 0.4) is 0 Å². The Kier molecular flexibility index (Phi) is 5.77. The van der Waals surface area contributed by atoms with Crippen molar-refractivity contribution in [3.05, 3.63) is 50.9 Å². The van der Waals surface area contributed by atoms with Crippen LogP contribution in [-0.2, 0) is 17.6 Å². The first-order valence-electron chi connectivity index (χ1n) is 10.1. The van der Waals surface area contributed by atoms with Crippen LogP contribution in [0.1, 0.15) is 42.3 Å². The van der Waals surface area contributed by atoms with Crippen molar-refractivity contribution in [3.63, 3.8) is 0 Å². The van der Waals surface area contributed by atoms with Gasteiger partial charge in [0.1, 0.15) is 10.9 Å². The molecule has 0 saturated heterocycles. The first-order chi connectivity index (χ1) is 14.9. The smallest absolute Gasteiger partial charge is 0.263 e. The fourth-order valence-corrected chi connectivity index (χ4v) is 5.13. The lowest BCUT2D eigenvalue weighted by Gasteiger charge is -2.18.